The van der Waals surface area contributed by atoms with Crippen LogP contribution in [-0.2, 0) is 11.3 Å². The van der Waals surface area contributed by atoms with Crippen LogP contribution in [0.5, 0.6) is 0 Å². The minimum atomic E-state index is 0.210. The van der Waals surface area contributed by atoms with Crippen molar-refractivity contribution in [3.8, 4) is 0 Å². The van der Waals surface area contributed by atoms with Crippen LogP contribution in [0.15, 0.2) is 12.7 Å². The van der Waals surface area contributed by atoms with Crippen molar-refractivity contribution in [1.29, 1.82) is 0 Å². The summed E-state index contributed by atoms with van der Waals surface area (Å²) < 4.78 is 7.80. The van der Waals surface area contributed by atoms with E-state index >= 15 is 0 Å². The van der Waals surface area contributed by atoms with Crippen molar-refractivity contribution in [1.82, 2.24) is 19.5 Å². The SMILES string of the molecule is CCn1cnc2c(N3CC(C)OC(C)C3)ncnc21. The minimum absolute atomic E-state index is 0.210. The summed E-state index contributed by atoms with van der Waals surface area (Å²) in [6, 6.07) is 0. The summed E-state index contributed by atoms with van der Waals surface area (Å²) in [6.07, 6.45) is 3.87. The molecule has 1 aliphatic rings. The van der Waals surface area contributed by atoms with E-state index in [9.17, 15) is 0 Å². The monoisotopic (exact) mass is 261 g/mol. The second-order valence-electron chi connectivity index (χ2n) is 5.06. The molecule has 2 aromatic heterocycles. The lowest BCUT2D eigenvalue weighted by atomic mass is 10.2. The summed E-state index contributed by atoms with van der Waals surface area (Å²) in [6.45, 7) is 8.81. The lowest BCUT2D eigenvalue weighted by Crippen LogP contribution is -2.46. The van der Waals surface area contributed by atoms with Crippen molar-refractivity contribution in [3.05, 3.63) is 12.7 Å². The van der Waals surface area contributed by atoms with Gasteiger partial charge in [-0.1, -0.05) is 0 Å². The predicted octanol–water partition coefficient (Wildman–Crippen LogP) is 1.46. The Bertz CT molecular complexity index is 571. The molecule has 6 heteroatoms. The second kappa shape index (κ2) is 4.77. The van der Waals surface area contributed by atoms with Crippen LogP contribution in [0.3, 0.4) is 0 Å². The standard InChI is InChI=1S/C13H19N5O/c1-4-17-8-16-11-12(17)14-7-15-13(11)18-5-9(2)19-10(3)6-18/h7-10H,4-6H2,1-3H3. The van der Waals surface area contributed by atoms with Crippen LogP contribution in [0.25, 0.3) is 11.2 Å². The van der Waals surface area contributed by atoms with Gasteiger partial charge in [0.05, 0.1) is 18.5 Å². The molecule has 0 spiro atoms. The quantitative estimate of drug-likeness (QED) is 0.819. The summed E-state index contributed by atoms with van der Waals surface area (Å²) in [7, 11) is 0. The Kier molecular flexibility index (Phi) is 3.10. The number of rotatable bonds is 2. The van der Waals surface area contributed by atoms with E-state index in [-0.39, 0.29) is 12.2 Å². The van der Waals surface area contributed by atoms with E-state index in [1.54, 1.807) is 6.33 Å². The van der Waals surface area contributed by atoms with E-state index in [2.05, 4.69) is 40.6 Å². The van der Waals surface area contributed by atoms with Crippen molar-refractivity contribution >= 4 is 17.0 Å². The van der Waals surface area contributed by atoms with Gasteiger partial charge in [-0.15, -0.1) is 0 Å². The molecular weight excluding hydrogens is 242 g/mol. The van der Waals surface area contributed by atoms with Crippen LogP contribution in [0.1, 0.15) is 20.8 Å². The fourth-order valence-electron chi connectivity index (χ4n) is 2.68. The fourth-order valence-corrected chi connectivity index (χ4v) is 2.68. The molecule has 2 aromatic rings. The first-order valence-corrected chi connectivity index (χ1v) is 6.75. The number of hydrogen-bond acceptors (Lipinski definition) is 5. The van der Waals surface area contributed by atoms with E-state index < -0.39 is 0 Å². The zero-order valence-corrected chi connectivity index (χ0v) is 11.6. The lowest BCUT2D eigenvalue weighted by Gasteiger charge is -2.35. The highest BCUT2D eigenvalue weighted by Gasteiger charge is 2.25. The van der Waals surface area contributed by atoms with Gasteiger partial charge in [0.2, 0.25) is 0 Å². The number of aromatic nitrogens is 4. The number of morpholine rings is 1. The Morgan fingerprint density at radius 2 is 1.95 bits per heavy atom. The highest BCUT2D eigenvalue weighted by molar-refractivity contribution is 5.83. The predicted molar refractivity (Wildman–Crippen MR) is 73.2 cm³/mol. The van der Waals surface area contributed by atoms with E-state index in [0.29, 0.717) is 0 Å². The molecule has 3 rings (SSSR count). The molecule has 3 heterocycles. The van der Waals surface area contributed by atoms with E-state index in [1.165, 1.54) is 0 Å². The van der Waals surface area contributed by atoms with Gasteiger partial charge < -0.3 is 14.2 Å². The zero-order valence-electron chi connectivity index (χ0n) is 11.6. The molecule has 0 N–H and O–H groups in total. The zero-order chi connectivity index (χ0) is 13.4. The van der Waals surface area contributed by atoms with Crippen LogP contribution in [0, 0.1) is 0 Å². The van der Waals surface area contributed by atoms with Gasteiger partial charge in [-0.2, -0.15) is 0 Å². The van der Waals surface area contributed by atoms with Crippen LogP contribution in [-0.4, -0.2) is 44.8 Å². The second-order valence-corrected chi connectivity index (χ2v) is 5.06. The van der Waals surface area contributed by atoms with Crippen molar-refractivity contribution < 1.29 is 4.74 Å². The Labute approximate surface area is 112 Å². The van der Waals surface area contributed by atoms with Gasteiger partial charge in [-0.3, -0.25) is 0 Å². The smallest absolute Gasteiger partial charge is 0.165 e. The normalized spacial score (nSPS) is 24.1. The highest BCUT2D eigenvalue weighted by Crippen LogP contribution is 2.24. The number of ether oxygens (including phenoxy) is 1. The molecule has 0 amide bonds. The molecule has 0 aromatic carbocycles. The molecule has 2 atom stereocenters. The third-order valence-corrected chi connectivity index (χ3v) is 3.44. The number of anilines is 1. The van der Waals surface area contributed by atoms with Gasteiger partial charge >= 0.3 is 0 Å². The van der Waals surface area contributed by atoms with Gasteiger partial charge in [0.15, 0.2) is 17.0 Å². The maximum atomic E-state index is 5.77. The van der Waals surface area contributed by atoms with E-state index in [0.717, 1.165) is 36.6 Å². The average Bonchev–Trinajstić information content (AvgIpc) is 2.80. The maximum absolute atomic E-state index is 5.77. The summed E-state index contributed by atoms with van der Waals surface area (Å²) in [4.78, 5) is 15.5. The molecule has 0 radical (unpaired) electrons. The Morgan fingerprint density at radius 3 is 2.63 bits per heavy atom. The number of aryl methyl sites for hydroxylation is 1. The molecule has 2 unspecified atom stereocenters. The van der Waals surface area contributed by atoms with Crippen molar-refractivity contribution in [2.24, 2.45) is 0 Å². The number of hydrogen-bond donors (Lipinski definition) is 0. The number of fused-ring (bicyclic) bond motifs is 1. The fraction of sp³-hybridized carbons (Fsp3) is 0.615. The van der Waals surface area contributed by atoms with Gasteiger partial charge in [0.1, 0.15) is 6.33 Å². The van der Waals surface area contributed by atoms with Crippen molar-refractivity contribution in [2.45, 2.75) is 39.5 Å². The molecule has 19 heavy (non-hydrogen) atoms. The molecule has 1 saturated heterocycles. The molecule has 102 valence electrons. The average molecular weight is 261 g/mol. The van der Waals surface area contributed by atoms with Gasteiger partial charge in [0.25, 0.3) is 0 Å². The first-order valence-electron chi connectivity index (χ1n) is 6.75. The van der Waals surface area contributed by atoms with Crippen molar-refractivity contribution in [2.75, 3.05) is 18.0 Å². The molecule has 1 aliphatic heterocycles. The third kappa shape index (κ3) is 2.16. The first kappa shape index (κ1) is 12.3. The van der Waals surface area contributed by atoms with Gasteiger partial charge in [-0.05, 0) is 20.8 Å². The summed E-state index contributed by atoms with van der Waals surface area (Å²) in [5.74, 6) is 0.916. The molecule has 0 saturated carbocycles. The Hall–Kier alpha value is -1.69. The number of imidazole rings is 1. The van der Waals surface area contributed by atoms with Crippen LogP contribution >= 0.6 is 0 Å². The Morgan fingerprint density at radius 1 is 1.21 bits per heavy atom. The highest BCUT2D eigenvalue weighted by atomic mass is 16.5. The topological polar surface area (TPSA) is 56.1 Å². The molecule has 0 aliphatic carbocycles. The minimum Gasteiger partial charge on any atom is -0.372 e. The molecule has 0 bridgehead atoms. The van der Waals surface area contributed by atoms with Crippen molar-refractivity contribution in [3.63, 3.8) is 0 Å². The Balaban J connectivity index is 2.02. The third-order valence-electron chi connectivity index (χ3n) is 3.44. The molecule has 1 fully saturated rings. The summed E-state index contributed by atoms with van der Waals surface area (Å²) in [5.41, 5.74) is 1.78. The van der Waals surface area contributed by atoms with Crippen LogP contribution in [0.4, 0.5) is 5.82 Å². The molecule has 6 nitrogen and oxygen atoms in total. The molecular formula is C13H19N5O. The van der Waals surface area contributed by atoms with E-state index in [1.807, 2.05) is 10.9 Å². The lowest BCUT2D eigenvalue weighted by molar-refractivity contribution is -0.00538. The first-order chi connectivity index (χ1) is 9.19. The van der Waals surface area contributed by atoms with Gasteiger partial charge in [0, 0.05) is 19.6 Å². The summed E-state index contributed by atoms with van der Waals surface area (Å²) >= 11 is 0. The summed E-state index contributed by atoms with van der Waals surface area (Å²) in [5, 5.41) is 0. The number of nitrogens with zero attached hydrogens (tertiary/aromatic N) is 5. The largest absolute Gasteiger partial charge is 0.372 e. The maximum Gasteiger partial charge on any atom is 0.165 e. The van der Waals surface area contributed by atoms with Crippen LogP contribution in [0.2, 0.25) is 0 Å². The van der Waals surface area contributed by atoms with Gasteiger partial charge in [-0.25, -0.2) is 15.0 Å². The van der Waals surface area contributed by atoms with Crippen LogP contribution < -0.4 is 4.90 Å². The van der Waals surface area contributed by atoms with E-state index in [4.69, 9.17) is 4.74 Å².